The van der Waals surface area contributed by atoms with Crippen molar-refractivity contribution < 1.29 is 19.1 Å². The molecule has 29 heavy (non-hydrogen) atoms. The molecule has 1 aliphatic heterocycles. The van der Waals surface area contributed by atoms with Gasteiger partial charge in [-0.3, -0.25) is 14.5 Å². The number of hydrogen-bond acceptors (Lipinski definition) is 4. The third-order valence-electron chi connectivity index (χ3n) is 4.70. The van der Waals surface area contributed by atoms with E-state index in [4.69, 9.17) is 27.9 Å². The van der Waals surface area contributed by atoms with Gasteiger partial charge in [0.05, 0.1) is 7.11 Å². The highest BCUT2D eigenvalue weighted by molar-refractivity contribution is 6.35. The lowest BCUT2D eigenvalue weighted by Gasteiger charge is -2.23. The van der Waals surface area contributed by atoms with Gasteiger partial charge in [-0.25, -0.2) is 4.79 Å². The van der Waals surface area contributed by atoms with E-state index in [2.05, 4.69) is 10.6 Å². The first-order chi connectivity index (χ1) is 13.7. The maximum Gasteiger partial charge on any atom is 0.325 e. The molecule has 1 atom stereocenters. The second kappa shape index (κ2) is 8.31. The number of hydrogen-bond donors (Lipinski definition) is 2. The van der Waals surface area contributed by atoms with E-state index in [-0.39, 0.29) is 11.6 Å². The van der Waals surface area contributed by atoms with Crippen LogP contribution in [0.2, 0.25) is 10.0 Å². The first kappa shape index (κ1) is 21.0. The summed E-state index contributed by atoms with van der Waals surface area (Å²) in [6.45, 7) is 1.39. The van der Waals surface area contributed by atoms with Gasteiger partial charge in [0.25, 0.3) is 5.91 Å². The van der Waals surface area contributed by atoms with Gasteiger partial charge in [0.1, 0.15) is 17.8 Å². The standard InChI is InChI=1S/C20H19Cl2N3O4/c1-20(15-8-5-13(21)9-16(15)22)18(27)25(19(28)24-20)11-17(26)23-10-12-3-6-14(29-2)7-4-12/h3-9H,10-11H2,1-2H3,(H,23,26)(H,24,28)/t20-/m1/s1. The van der Waals surface area contributed by atoms with Crippen molar-refractivity contribution in [3.8, 4) is 5.75 Å². The summed E-state index contributed by atoms with van der Waals surface area (Å²) >= 11 is 12.1. The summed E-state index contributed by atoms with van der Waals surface area (Å²) in [4.78, 5) is 38.4. The number of urea groups is 1. The van der Waals surface area contributed by atoms with Crippen molar-refractivity contribution >= 4 is 41.0 Å². The van der Waals surface area contributed by atoms with E-state index in [1.54, 1.807) is 31.4 Å². The summed E-state index contributed by atoms with van der Waals surface area (Å²) in [6, 6.07) is 11.2. The number of benzene rings is 2. The molecule has 1 saturated heterocycles. The SMILES string of the molecule is COc1ccc(CNC(=O)CN2C(=O)N[C@](C)(c3ccc(Cl)cc3Cl)C2=O)cc1. The molecular weight excluding hydrogens is 417 g/mol. The minimum atomic E-state index is -1.38. The Bertz CT molecular complexity index is 965. The molecule has 1 fully saturated rings. The lowest BCUT2D eigenvalue weighted by molar-refractivity contribution is -0.134. The Morgan fingerprint density at radius 2 is 1.86 bits per heavy atom. The molecule has 0 bridgehead atoms. The molecule has 0 radical (unpaired) electrons. The number of rotatable bonds is 6. The van der Waals surface area contributed by atoms with Crippen LogP contribution in [0.5, 0.6) is 5.75 Å². The monoisotopic (exact) mass is 435 g/mol. The molecule has 2 aromatic rings. The summed E-state index contributed by atoms with van der Waals surface area (Å²) in [5.74, 6) is -0.318. The average Bonchev–Trinajstić information content (AvgIpc) is 2.90. The number of nitrogens with one attached hydrogen (secondary N) is 2. The normalized spacial score (nSPS) is 18.6. The van der Waals surface area contributed by atoms with Gasteiger partial charge in [0, 0.05) is 22.2 Å². The van der Waals surface area contributed by atoms with Crippen molar-refractivity contribution in [2.24, 2.45) is 0 Å². The van der Waals surface area contributed by atoms with E-state index >= 15 is 0 Å². The smallest absolute Gasteiger partial charge is 0.325 e. The zero-order valence-electron chi connectivity index (χ0n) is 15.8. The first-order valence-electron chi connectivity index (χ1n) is 8.74. The highest BCUT2D eigenvalue weighted by atomic mass is 35.5. The van der Waals surface area contributed by atoms with E-state index in [0.717, 1.165) is 10.5 Å². The van der Waals surface area contributed by atoms with Crippen LogP contribution in [0, 0.1) is 0 Å². The molecule has 0 unspecified atom stereocenters. The topological polar surface area (TPSA) is 87.7 Å². The lowest BCUT2D eigenvalue weighted by Crippen LogP contribution is -2.43. The van der Waals surface area contributed by atoms with Gasteiger partial charge in [-0.15, -0.1) is 0 Å². The molecule has 0 aromatic heterocycles. The van der Waals surface area contributed by atoms with Crippen molar-refractivity contribution in [2.45, 2.75) is 19.0 Å². The van der Waals surface area contributed by atoms with Crippen LogP contribution in [-0.2, 0) is 21.7 Å². The largest absolute Gasteiger partial charge is 0.497 e. The van der Waals surface area contributed by atoms with E-state index in [1.165, 1.54) is 13.0 Å². The molecule has 4 amide bonds. The van der Waals surface area contributed by atoms with Gasteiger partial charge in [-0.2, -0.15) is 0 Å². The van der Waals surface area contributed by atoms with Gasteiger partial charge in [-0.1, -0.05) is 41.4 Å². The van der Waals surface area contributed by atoms with Gasteiger partial charge >= 0.3 is 6.03 Å². The maximum absolute atomic E-state index is 12.9. The van der Waals surface area contributed by atoms with Crippen LogP contribution >= 0.6 is 23.2 Å². The highest BCUT2D eigenvalue weighted by Gasteiger charge is 2.50. The predicted molar refractivity (Wildman–Crippen MR) is 109 cm³/mol. The van der Waals surface area contributed by atoms with Gasteiger partial charge in [0.15, 0.2) is 0 Å². The third-order valence-corrected chi connectivity index (χ3v) is 5.24. The summed E-state index contributed by atoms with van der Waals surface area (Å²) in [6.07, 6.45) is 0. The number of carbonyl (C=O) groups is 3. The first-order valence-corrected chi connectivity index (χ1v) is 9.49. The third kappa shape index (κ3) is 4.31. The van der Waals surface area contributed by atoms with E-state index < -0.39 is 29.9 Å². The highest BCUT2D eigenvalue weighted by Crippen LogP contribution is 2.34. The van der Waals surface area contributed by atoms with Crippen LogP contribution in [0.3, 0.4) is 0 Å². The van der Waals surface area contributed by atoms with Crippen LogP contribution in [0.15, 0.2) is 42.5 Å². The van der Waals surface area contributed by atoms with Crippen molar-refractivity contribution in [3.05, 3.63) is 63.6 Å². The fourth-order valence-corrected chi connectivity index (χ4v) is 3.66. The van der Waals surface area contributed by atoms with Crippen molar-refractivity contribution in [1.29, 1.82) is 0 Å². The molecule has 9 heteroatoms. The fourth-order valence-electron chi connectivity index (χ4n) is 3.06. The minimum absolute atomic E-state index is 0.249. The molecule has 1 heterocycles. The number of methoxy groups -OCH3 is 1. The fraction of sp³-hybridized carbons (Fsp3) is 0.250. The second-order valence-corrected chi connectivity index (χ2v) is 7.54. The molecule has 0 aliphatic carbocycles. The summed E-state index contributed by atoms with van der Waals surface area (Å²) in [5, 5.41) is 5.97. The zero-order chi connectivity index (χ0) is 21.2. The predicted octanol–water partition coefficient (Wildman–Crippen LogP) is 3.09. The molecule has 2 N–H and O–H groups in total. The number of carbonyl (C=O) groups excluding carboxylic acids is 3. The molecule has 2 aromatic carbocycles. The van der Waals surface area contributed by atoms with Crippen molar-refractivity contribution in [1.82, 2.24) is 15.5 Å². The second-order valence-electron chi connectivity index (χ2n) is 6.70. The maximum atomic E-state index is 12.9. The lowest BCUT2D eigenvalue weighted by atomic mass is 9.92. The molecule has 0 spiro atoms. The molecule has 152 valence electrons. The minimum Gasteiger partial charge on any atom is -0.497 e. The van der Waals surface area contributed by atoms with Gasteiger partial charge in [0.2, 0.25) is 5.91 Å². The number of halogens is 2. The summed E-state index contributed by atoms with van der Waals surface area (Å²) < 4.78 is 5.09. The number of imide groups is 1. The van der Waals surface area contributed by atoms with Crippen LogP contribution in [0.25, 0.3) is 0 Å². The number of ether oxygens (including phenoxy) is 1. The number of nitrogens with zero attached hydrogens (tertiary/aromatic N) is 1. The van der Waals surface area contributed by atoms with Crippen LogP contribution < -0.4 is 15.4 Å². The Morgan fingerprint density at radius 1 is 1.17 bits per heavy atom. The zero-order valence-corrected chi connectivity index (χ0v) is 17.3. The van der Waals surface area contributed by atoms with Crippen LogP contribution in [0.4, 0.5) is 4.79 Å². The Balaban J connectivity index is 1.67. The molecule has 1 aliphatic rings. The Hall–Kier alpha value is -2.77. The Morgan fingerprint density at radius 3 is 2.48 bits per heavy atom. The average molecular weight is 436 g/mol. The molecular formula is C20H19Cl2N3O4. The van der Waals surface area contributed by atoms with E-state index in [9.17, 15) is 14.4 Å². The Labute approximate surface area is 177 Å². The van der Waals surface area contributed by atoms with Gasteiger partial charge in [-0.05, 0) is 36.8 Å². The van der Waals surface area contributed by atoms with Crippen molar-refractivity contribution in [3.63, 3.8) is 0 Å². The summed E-state index contributed by atoms with van der Waals surface area (Å²) in [7, 11) is 1.57. The van der Waals surface area contributed by atoms with Crippen LogP contribution in [-0.4, -0.2) is 36.4 Å². The van der Waals surface area contributed by atoms with E-state index in [0.29, 0.717) is 16.3 Å². The van der Waals surface area contributed by atoms with Crippen LogP contribution in [0.1, 0.15) is 18.1 Å². The summed E-state index contributed by atoms with van der Waals surface area (Å²) in [5.41, 5.74) is -0.119. The quantitative estimate of drug-likeness (QED) is 0.682. The molecule has 7 nitrogen and oxygen atoms in total. The molecule has 3 rings (SSSR count). The molecule has 0 saturated carbocycles. The van der Waals surface area contributed by atoms with Crippen molar-refractivity contribution in [2.75, 3.05) is 13.7 Å². The van der Waals surface area contributed by atoms with E-state index in [1.807, 2.05) is 12.1 Å². The number of amides is 4. The van der Waals surface area contributed by atoms with Gasteiger partial charge < -0.3 is 15.4 Å². The Kier molecular flexibility index (Phi) is 6.00.